The summed E-state index contributed by atoms with van der Waals surface area (Å²) in [6.07, 6.45) is 0. The number of aromatic nitrogens is 3. The summed E-state index contributed by atoms with van der Waals surface area (Å²) in [5, 5.41) is 4.71. The van der Waals surface area contributed by atoms with Gasteiger partial charge in [-0.25, -0.2) is 15.0 Å². The molecular weight excluding hydrogens is 703 g/mol. The van der Waals surface area contributed by atoms with Gasteiger partial charge in [0.1, 0.15) is 11.2 Å². The van der Waals surface area contributed by atoms with Gasteiger partial charge in [-0.1, -0.05) is 164 Å². The Bertz CT molecular complexity index is 3180. The SMILES string of the molecule is c1ccc(-c2nc(-c3ccccc3)nc(-c3cccc(-c4ccc(-c5ccc6c(sc7ccccc76)c5-c5ccccc5)c5oc6ccccc6c45)c3)n2)cc1. The molecule has 3 heterocycles. The van der Waals surface area contributed by atoms with Crippen LogP contribution < -0.4 is 0 Å². The molecule has 0 radical (unpaired) electrons. The zero-order valence-electron chi connectivity index (χ0n) is 30.1. The van der Waals surface area contributed by atoms with E-state index >= 15 is 0 Å². The summed E-state index contributed by atoms with van der Waals surface area (Å²) in [5.74, 6) is 1.89. The number of thiophene rings is 1. The number of hydrogen-bond donors (Lipinski definition) is 0. The van der Waals surface area contributed by atoms with Crippen molar-refractivity contribution < 1.29 is 4.42 Å². The fraction of sp³-hybridized carbons (Fsp3) is 0. The largest absolute Gasteiger partial charge is 0.455 e. The van der Waals surface area contributed by atoms with E-state index in [2.05, 4.69) is 121 Å². The average molecular weight is 734 g/mol. The summed E-state index contributed by atoms with van der Waals surface area (Å²) in [5.41, 5.74) is 11.3. The Kier molecular flexibility index (Phi) is 7.64. The van der Waals surface area contributed by atoms with Crippen molar-refractivity contribution >= 4 is 53.4 Å². The lowest BCUT2D eigenvalue weighted by Crippen LogP contribution is -2.00. The fourth-order valence-electron chi connectivity index (χ4n) is 7.95. The van der Waals surface area contributed by atoms with E-state index in [0.717, 1.165) is 60.9 Å². The average Bonchev–Trinajstić information content (AvgIpc) is 3.86. The zero-order valence-corrected chi connectivity index (χ0v) is 30.9. The molecule has 0 amide bonds. The van der Waals surface area contributed by atoms with E-state index < -0.39 is 0 Å². The van der Waals surface area contributed by atoms with Gasteiger partial charge in [0, 0.05) is 58.8 Å². The highest BCUT2D eigenvalue weighted by molar-refractivity contribution is 7.26. The third kappa shape index (κ3) is 5.40. The topological polar surface area (TPSA) is 51.8 Å². The molecule has 0 aliphatic heterocycles. The van der Waals surface area contributed by atoms with Gasteiger partial charge in [0.15, 0.2) is 17.5 Å². The fourth-order valence-corrected chi connectivity index (χ4v) is 9.22. The summed E-state index contributed by atoms with van der Waals surface area (Å²) in [6.45, 7) is 0. The second-order valence-electron chi connectivity index (χ2n) is 13.9. The first-order valence-corrected chi connectivity index (χ1v) is 19.5. The molecule has 0 saturated carbocycles. The second kappa shape index (κ2) is 13.3. The summed E-state index contributed by atoms with van der Waals surface area (Å²) in [7, 11) is 0. The van der Waals surface area contributed by atoms with Gasteiger partial charge in [0.05, 0.1) is 0 Å². The van der Waals surface area contributed by atoms with Gasteiger partial charge in [-0.05, 0) is 46.5 Å². The summed E-state index contributed by atoms with van der Waals surface area (Å²) >= 11 is 1.85. The molecule has 0 fully saturated rings. The molecule has 0 spiro atoms. The van der Waals surface area contributed by atoms with Crippen LogP contribution in [-0.2, 0) is 0 Å². The monoisotopic (exact) mass is 733 g/mol. The molecule has 4 nitrogen and oxygen atoms in total. The molecule has 3 aromatic heterocycles. The van der Waals surface area contributed by atoms with Crippen molar-refractivity contribution in [2.75, 3.05) is 0 Å². The molecule has 0 unspecified atom stereocenters. The summed E-state index contributed by atoms with van der Waals surface area (Å²) in [6, 6.07) is 65.5. The van der Waals surface area contributed by atoms with Crippen molar-refractivity contribution in [1.82, 2.24) is 15.0 Å². The number of fused-ring (bicyclic) bond motifs is 6. The van der Waals surface area contributed by atoms with Crippen LogP contribution in [0.4, 0.5) is 0 Å². The lowest BCUT2D eigenvalue weighted by Gasteiger charge is -2.14. The van der Waals surface area contributed by atoms with Crippen molar-refractivity contribution in [2.24, 2.45) is 0 Å². The van der Waals surface area contributed by atoms with Gasteiger partial charge in [-0.2, -0.15) is 0 Å². The van der Waals surface area contributed by atoms with E-state index in [9.17, 15) is 0 Å². The molecule has 262 valence electrons. The maximum Gasteiger partial charge on any atom is 0.164 e. The predicted molar refractivity (Wildman–Crippen MR) is 233 cm³/mol. The van der Waals surface area contributed by atoms with E-state index in [1.54, 1.807) is 0 Å². The van der Waals surface area contributed by atoms with Gasteiger partial charge in [-0.3, -0.25) is 0 Å². The Hall–Kier alpha value is -7.21. The highest BCUT2D eigenvalue weighted by Gasteiger charge is 2.22. The van der Waals surface area contributed by atoms with Crippen LogP contribution in [-0.4, -0.2) is 15.0 Å². The van der Waals surface area contributed by atoms with Crippen molar-refractivity contribution in [3.63, 3.8) is 0 Å². The number of hydrogen-bond acceptors (Lipinski definition) is 5. The van der Waals surface area contributed by atoms with Crippen LogP contribution in [0.3, 0.4) is 0 Å². The predicted octanol–water partition coefficient (Wildman–Crippen LogP) is 14.1. The molecule has 0 bridgehead atoms. The smallest absolute Gasteiger partial charge is 0.164 e. The van der Waals surface area contributed by atoms with Crippen LogP contribution >= 0.6 is 11.3 Å². The molecule has 0 atom stereocenters. The minimum absolute atomic E-state index is 0.619. The third-order valence-corrected chi connectivity index (χ3v) is 11.8. The zero-order chi connectivity index (χ0) is 37.0. The van der Waals surface area contributed by atoms with E-state index in [1.807, 2.05) is 78.1 Å². The molecule has 56 heavy (non-hydrogen) atoms. The normalized spacial score (nSPS) is 11.6. The van der Waals surface area contributed by atoms with Crippen molar-refractivity contribution in [2.45, 2.75) is 0 Å². The maximum atomic E-state index is 6.88. The van der Waals surface area contributed by atoms with Crippen LogP contribution in [0.2, 0.25) is 0 Å². The van der Waals surface area contributed by atoms with Gasteiger partial charge < -0.3 is 4.42 Å². The second-order valence-corrected chi connectivity index (χ2v) is 15.0. The van der Waals surface area contributed by atoms with Gasteiger partial charge >= 0.3 is 0 Å². The van der Waals surface area contributed by atoms with E-state index in [1.165, 1.54) is 31.3 Å². The highest BCUT2D eigenvalue weighted by Crippen LogP contribution is 2.48. The Labute approximate surface area is 327 Å². The molecule has 11 rings (SSSR count). The Morgan fingerprint density at radius 3 is 1.62 bits per heavy atom. The van der Waals surface area contributed by atoms with Gasteiger partial charge in [0.25, 0.3) is 0 Å². The van der Waals surface area contributed by atoms with E-state index in [4.69, 9.17) is 19.4 Å². The van der Waals surface area contributed by atoms with E-state index in [0.29, 0.717) is 17.5 Å². The number of para-hydroxylation sites is 1. The first-order chi connectivity index (χ1) is 27.8. The van der Waals surface area contributed by atoms with Crippen LogP contribution in [0.5, 0.6) is 0 Å². The Morgan fingerprint density at radius 1 is 0.375 bits per heavy atom. The van der Waals surface area contributed by atoms with E-state index in [-0.39, 0.29) is 0 Å². The number of furan rings is 1. The molecule has 8 aromatic carbocycles. The third-order valence-electron chi connectivity index (χ3n) is 10.6. The molecular formula is C51H31N3OS. The summed E-state index contributed by atoms with van der Waals surface area (Å²) in [4.78, 5) is 15.0. The number of rotatable bonds is 6. The molecule has 0 N–H and O–H groups in total. The lowest BCUT2D eigenvalue weighted by atomic mass is 9.89. The minimum atomic E-state index is 0.619. The minimum Gasteiger partial charge on any atom is -0.455 e. The van der Waals surface area contributed by atoms with Crippen LogP contribution in [0.15, 0.2) is 192 Å². The van der Waals surface area contributed by atoms with Crippen molar-refractivity contribution in [3.8, 4) is 67.5 Å². The summed E-state index contributed by atoms with van der Waals surface area (Å²) < 4.78 is 9.44. The maximum absolute atomic E-state index is 6.88. The van der Waals surface area contributed by atoms with Gasteiger partial charge in [-0.15, -0.1) is 11.3 Å². The van der Waals surface area contributed by atoms with Crippen molar-refractivity contribution in [3.05, 3.63) is 188 Å². The van der Waals surface area contributed by atoms with Crippen molar-refractivity contribution in [1.29, 1.82) is 0 Å². The number of benzene rings is 8. The standard InChI is InChI=1S/C51H31N3OS/c1-4-15-32(16-5-1)45-39(28-30-41-38-23-11-13-26-44(38)56-48(41)45)40-29-27-37(46-42-24-10-12-25-43(42)55-47(40)46)35-21-14-22-36(31-35)51-53-49(33-17-6-2-7-18-33)52-50(54-51)34-19-8-3-9-20-34/h1-31H. The number of nitrogens with zero attached hydrogens (tertiary/aromatic N) is 3. The Balaban J connectivity index is 1.12. The highest BCUT2D eigenvalue weighted by atomic mass is 32.1. The first-order valence-electron chi connectivity index (χ1n) is 18.7. The molecule has 11 aromatic rings. The lowest BCUT2D eigenvalue weighted by molar-refractivity contribution is 0.670. The molecule has 0 aliphatic rings. The molecule has 0 aliphatic carbocycles. The van der Waals surface area contributed by atoms with Crippen LogP contribution in [0.25, 0.3) is 110 Å². The molecule has 5 heteroatoms. The van der Waals surface area contributed by atoms with Gasteiger partial charge in [0.2, 0.25) is 0 Å². The van der Waals surface area contributed by atoms with Crippen LogP contribution in [0.1, 0.15) is 0 Å². The first kappa shape index (κ1) is 32.2. The van der Waals surface area contributed by atoms with Crippen LogP contribution in [0, 0.1) is 0 Å². The quantitative estimate of drug-likeness (QED) is 0.171. The Morgan fingerprint density at radius 2 is 0.911 bits per heavy atom. The molecule has 0 saturated heterocycles.